The molecular weight excluding hydrogens is 354 g/mol. The molecule has 0 radical (unpaired) electrons. The molecule has 2 bridgehead atoms. The maximum absolute atomic E-state index is 6.30. The highest BCUT2D eigenvalue weighted by atomic mass is 16.5. The summed E-state index contributed by atoms with van der Waals surface area (Å²) in [4.78, 5) is 0. The van der Waals surface area contributed by atoms with Crippen LogP contribution in [0.25, 0.3) is 16.7 Å². The summed E-state index contributed by atoms with van der Waals surface area (Å²) in [7, 11) is 0. The number of hydrogen-bond donors (Lipinski definition) is 1. The summed E-state index contributed by atoms with van der Waals surface area (Å²) < 4.78 is 6.30. The zero-order valence-electron chi connectivity index (χ0n) is 17.7. The van der Waals surface area contributed by atoms with E-state index in [4.69, 9.17) is 4.74 Å². The van der Waals surface area contributed by atoms with Gasteiger partial charge in [0.1, 0.15) is 11.5 Å². The highest BCUT2D eigenvalue weighted by Gasteiger charge is 2.18. The van der Waals surface area contributed by atoms with Crippen LogP contribution in [0.15, 0.2) is 96.5 Å². The Labute approximate surface area is 174 Å². The first-order valence-electron chi connectivity index (χ1n) is 10.2. The van der Waals surface area contributed by atoms with Crippen molar-refractivity contribution in [2.75, 3.05) is 5.32 Å². The van der Waals surface area contributed by atoms with E-state index in [-0.39, 0.29) is 0 Å². The van der Waals surface area contributed by atoms with E-state index in [1.54, 1.807) is 0 Å². The standard InChI is InChI=1S/C27H29NO/c1-5-9-10-14-21(7-3)29-27-18-17-20-19-24(27)23-15-11-12-16-26(23)28-25(13-6-2)22(20)8-4/h5-7,9-19,28H,8H2,1-4H3/b9-5-,13-6-,14-10-,21-7-,25-22-. The fraction of sp³-hybridized carbons (Fsp3) is 0.185. The zero-order valence-corrected chi connectivity index (χ0v) is 17.7. The Balaban J connectivity index is 2.16. The number of ether oxygens (including phenoxy) is 1. The number of fused-ring (bicyclic) bond motifs is 4. The quantitative estimate of drug-likeness (QED) is 0.404. The minimum absolute atomic E-state index is 0.820. The van der Waals surface area contributed by atoms with E-state index < -0.39 is 0 Å². The van der Waals surface area contributed by atoms with Gasteiger partial charge in [0, 0.05) is 22.5 Å². The lowest BCUT2D eigenvalue weighted by Gasteiger charge is -2.23. The van der Waals surface area contributed by atoms with Crippen molar-refractivity contribution in [3.63, 3.8) is 0 Å². The van der Waals surface area contributed by atoms with Gasteiger partial charge in [-0.3, -0.25) is 0 Å². The fourth-order valence-corrected chi connectivity index (χ4v) is 3.50. The van der Waals surface area contributed by atoms with Crippen molar-refractivity contribution < 1.29 is 4.74 Å². The van der Waals surface area contributed by atoms with Crippen LogP contribution in [0.3, 0.4) is 0 Å². The first-order valence-corrected chi connectivity index (χ1v) is 10.2. The topological polar surface area (TPSA) is 21.3 Å². The van der Waals surface area contributed by atoms with Crippen LogP contribution >= 0.6 is 0 Å². The third-order valence-electron chi connectivity index (χ3n) is 4.90. The third-order valence-corrected chi connectivity index (χ3v) is 4.90. The Morgan fingerprint density at radius 3 is 2.52 bits per heavy atom. The molecule has 0 saturated heterocycles. The van der Waals surface area contributed by atoms with Crippen LogP contribution in [0.1, 0.15) is 39.7 Å². The van der Waals surface area contributed by atoms with Gasteiger partial charge in [-0.2, -0.15) is 0 Å². The third kappa shape index (κ3) is 4.60. The SMILES string of the molecule is C\C=C/C=C\C(=C\C)Oc1ccc2cc1-c1ccccc1NC(/C=C\C)=C\2CC. The zero-order chi connectivity index (χ0) is 20.6. The lowest BCUT2D eigenvalue weighted by atomic mass is 9.92. The van der Waals surface area contributed by atoms with Crippen molar-refractivity contribution in [2.24, 2.45) is 0 Å². The lowest BCUT2D eigenvalue weighted by Crippen LogP contribution is -2.06. The van der Waals surface area contributed by atoms with Crippen LogP contribution in [0.2, 0.25) is 0 Å². The summed E-state index contributed by atoms with van der Waals surface area (Å²) in [5, 5.41) is 3.65. The van der Waals surface area contributed by atoms with E-state index in [9.17, 15) is 0 Å². The van der Waals surface area contributed by atoms with Crippen molar-refractivity contribution in [1.82, 2.24) is 0 Å². The number of rotatable bonds is 6. The summed E-state index contributed by atoms with van der Waals surface area (Å²) >= 11 is 0. The first-order chi connectivity index (χ1) is 14.2. The van der Waals surface area contributed by atoms with E-state index in [0.717, 1.165) is 40.4 Å². The Kier molecular flexibility index (Phi) is 6.91. The number of anilines is 1. The van der Waals surface area contributed by atoms with Gasteiger partial charge in [-0.25, -0.2) is 0 Å². The molecule has 0 aromatic heterocycles. The highest BCUT2D eigenvalue weighted by molar-refractivity contribution is 5.89. The molecule has 0 fully saturated rings. The minimum atomic E-state index is 0.820. The molecule has 0 spiro atoms. The van der Waals surface area contributed by atoms with Crippen molar-refractivity contribution in [3.05, 3.63) is 102 Å². The van der Waals surface area contributed by atoms with Crippen molar-refractivity contribution in [2.45, 2.75) is 34.1 Å². The Morgan fingerprint density at radius 1 is 0.966 bits per heavy atom. The molecule has 0 atom stereocenters. The van der Waals surface area contributed by atoms with Crippen LogP contribution in [0.5, 0.6) is 5.75 Å². The van der Waals surface area contributed by atoms with Crippen LogP contribution in [-0.4, -0.2) is 0 Å². The van der Waals surface area contributed by atoms with Gasteiger partial charge in [-0.05, 0) is 74.8 Å². The summed E-state index contributed by atoms with van der Waals surface area (Å²) in [6.45, 7) is 8.24. The second kappa shape index (κ2) is 9.79. The average molecular weight is 384 g/mol. The van der Waals surface area contributed by atoms with E-state index in [1.807, 2.05) is 44.2 Å². The summed E-state index contributed by atoms with van der Waals surface area (Å²) in [6.07, 6.45) is 15.1. The van der Waals surface area contributed by atoms with Crippen molar-refractivity contribution >= 4 is 11.3 Å². The van der Waals surface area contributed by atoms with Gasteiger partial charge in [0.25, 0.3) is 0 Å². The van der Waals surface area contributed by atoms with Gasteiger partial charge < -0.3 is 10.1 Å². The van der Waals surface area contributed by atoms with Gasteiger partial charge in [0.2, 0.25) is 0 Å². The molecule has 148 valence electrons. The summed E-state index contributed by atoms with van der Waals surface area (Å²) in [5.74, 6) is 1.67. The molecule has 1 aliphatic heterocycles. The Hall–Kier alpha value is -3.26. The molecule has 1 aliphatic rings. The van der Waals surface area contributed by atoms with Crippen molar-refractivity contribution in [3.8, 4) is 16.9 Å². The van der Waals surface area contributed by atoms with Crippen LogP contribution in [0.4, 0.5) is 5.69 Å². The lowest BCUT2D eigenvalue weighted by molar-refractivity contribution is 0.445. The van der Waals surface area contributed by atoms with E-state index in [1.165, 1.54) is 11.1 Å². The largest absolute Gasteiger partial charge is 0.457 e. The molecule has 1 heterocycles. The van der Waals surface area contributed by atoms with Gasteiger partial charge in [0.15, 0.2) is 0 Å². The van der Waals surface area contributed by atoms with E-state index >= 15 is 0 Å². The summed E-state index contributed by atoms with van der Waals surface area (Å²) in [6, 6.07) is 14.9. The number of para-hydroxylation sites is 1. The molecule has 29 heavy (non-hydrogen) atoms. The normalized spacial score (nSPS) is 16.8. The first kappa shape index (κ1) is 20.5. The molecule has 2 aromatic rings. The minimum Gasteiger partial charge on any atom is -0.457 e. The van der Waals surface area contributed by atoms with E-state index in [0.29, 0.717) is 0 Å². The molecule has 2 nitrogen and oxygen atoms in total. The van der Waals surface area contributed by atoms with Crippen LogP contribution < -0.4 is 10.1 Å². The number of nitrogens with one attached hydrogen (secondary N) is 1. The van der Waals surface area contributed by atoms with Crippen LogP contribution in [-0.2, 0) is 0 Å². The molecule has 3 rings (SSSR count). The number of benzene rings is 2. The molecule has 0 unspecified atom stereocenters. The van der Waals surface area contributed by atoms with Gasteiger partial charge in [-0.15, -0.1) is 0 Å². The predicted octanol–water partition coefficient (Wildman–Crippen LogP) is 7.89. The summed E-state index contributed by atoms with van der Waals surface area (Å²) in [5.41, 5.74) is 6.97. The Bertz CT molecular complexity index is 1020. The Morgan fingerprint density at radius 2 is 1.79 bits per heavy atom. The molecule has 0 saturated carbocycles. The predicted molar refractivity (Wildman–Crippen MR) is 126 cm³/mol. The molecule has 2 aromatic carbocycles. The van der Waals surface area contributed by atoms with E-state index in [2.05, 4.69) is 73.8 Å². The maximum atomic E-state index is 6.30. The maximum Gasteiger partial charge on any atom is 0.135 e. The monoisotopic (exact) mass is 383 g/mol. The van der Waals surface area contributed by atoms with Gasteiger partial charge >= 0.3 is 0 Å². The molecular formula is C27H29NO. The van der Waals surface area contributed by atoms with Crippen molar-refractivity contribution in [1.29, 1.82) is 0 Å². The van der Waals surface area contributed by atoms with Gasteiger partial charge in [-0.1, -0.05) is 55.5 Å². The molecule has 1 N–H and O–H groups in total. The smallest absolute Gasteiger partial charge is 0.135 e. The number of hydrogen-bond acceptors (Lipinski definition) is 2. The van der Waals surface area contributed by atoms with Gasteiger partial charge in [0.05, 0.1) is 0 Å². The second-order valence-electron chi connectivity index (χ2n) is 6.81. The molecule has 2 heteroatoms. The number of allylic oxidation sites excluding steroid dienone is 8. The molecule has 0 aliphatic carbocycles. The fourth-order valence-electron chi connectivity index (χ4n) is 3.50. The second-order valence-corrected chi connectivity index (χ2v) is 6.81. The average Bonchev–Trinajstić information content (AvgIpc) is 2.74. The molecule has 0 amide bonds. The highest BCUT2D eigenvalue weighted by Crippen LogP contribution is 2.41. The van der Waals surface area contributed by atoms with Crippen LogP contribution in [0, 0.1) is 0 Å².